The predicted octanol–water partition coefficient (Wildman–Crippen LogP) is 3.21. The molecule has 1 fully saturated rings. The van der Waals surface area contributed by atoms with Crippen LogP contribution in [0, 0.1) is 5.41 Å². The van der Waals surface area contributed by atoms with Gasteiger partial charge in [0, 0.05) is 25.3 Å². The average molecular weight is 315 g/mol. The first-order valence-electron chi connectivity index (χ1n) is 6.72. The highest BCUT2D eigenvalue weighted by Crippen LogP contribution is 2.63. The third-order valence-corrected chi connectivity index (χ3v) is 5.24. The fraction of sp³-hybridized carbons (Fsp3) is 0.533. The molecular formula is C15H20Cl2N2O. The Kier molecular flexibility index (Phi) is 4.22. The van der Waals surface area contributed by atoms with Crippen LogP contribution >= 0.6 is 23.2 Å². The van der Waals surface area contributed by atoms with Crippen LogP contribution in [-0.2, 0) is 4.79 Å². The number of likely N-dealkylation sites (N-methyl/N-ethyl adjacent to an activating group) is 1. The van der Waals surface area contributed by atoms with E-state index in [4.69, 9.17) is 23.2 Å². The van der Waals surface area contributed by atoms with Gasteiger partial charge < -0.3 is 10.2 Å². The summed E-state index contributed by atoms with van der Waals surface area (Å²) in [4.78, 5) is 14.2. The van der Waals surface area contributed by atoms with Crippen molar-refractivity contribution in [2.24, 2.45) is 5.41 Å². The number of halogens is 2. The number of carbonyl (C=O) groups excluding carboxylic acids is 1. The van der Waals surface area contributed by atoms with Crippen molar-refractivity contribution in [3.05, 3.63) is 30.3 Å². The minimum Gasteiger partial charge on any atom is -0.370 e. The van der Waals surface area contributed by atoms with Crippen LogP contribution < -0.4 is 10.2 Å². The van der Waals surface area contributed by atoms with Crippen LogP contribution in [0.3, 0.4) is 0 Å². The molecule has 5 heteroatoms. The molecule has 0 bridgehead atoms. The minimum atomic E-state index is -0.911. The Morgan fingerprint density at radius 3 is 2.45 bits per heavy atom. The van der Waals surface area contributed by atoms with Gasteiger partial charge in [-0.25, -0.2) is 0 Å². The number of amides is 1. The molecule has 0 heterocycles. The zero-order valence-electron chi connectivity index (χ0n) is 12.0. The SMILES string of the molecule is C[C@@H](CNC(=O)[C@]1(C)CC1(Cl)Cl)N(C)c1ccccc1. The minimum absolute atomic E-state index is 0.0733. The maximum absolute atomic E-state index is 12.1. The first kappa shape index (κ1) is 15.5. The molecule has 0 radical (unpaired) electrons. The van der Waals surface area contributed by atoms with Gasteiger partial charge in [0.1, 0.15) is 4.33 Å². The Morgan fingerprint density at radius 2 is 1.95 bits per heavy atom. The van der Waals surface area contributed by atoms with Crippen molar-refractivity contribution in [1.29, 1.82) is 0 Å². The Balaban J connectivity index is 1.87. The third kappa shape index (κ3) is 2.89. The standard InChI is InChI=1S/C15H20Cl2N2O/c1-11(19(3)12-7-5-4-6-8-12)9-18-13(20)14(2)10-15(14,16)17/h4-8,11H,9-10H2,1-3H3,(H,18,20)/t11-,14-/m0/s1. The van der Waals surface area contributed by atoms with Crippen molar-refractivity contribution in [2.45, 2.75) is 30.6 Å². The fourth-order valence-corrected chi connectivity index (χ4v) is 2.84. The molecule has 110 valence electrons. The van der Waals surface area contributed by atoms with E-state index in [0.717, 1.165) is 5.69 Å². The largest absolute Gasteiger partial charge is 0.370 e. The van der Waals surface area contributed by atoms with E-state index in [0.29, 0.717) is 13.0 Å². The van der Waals surface area contributed by atoms with Gasteiger partial charge >= 0.3 is 0 Å². The highest BCUT2D eigenvalue weighted by Gasteiger charge is 2.67. The maximum Gasteiger partial charge on any atom is 0.229 e. The first-order chi connectivity index (χ1) is 9.28. The van der Waals surface area contributed by atoms with Gasteiger partial charge in [0.2, 0.25) is 5.91 Å². The van der Waals surface area contributed by atoms with Crippen molar-refractivity contribution in [1.82, 2.24) is 5.32 Å². The zero-order chi connectivity index (χ0) is 15.0. The Morgan fingerprint density at radius 1 is 1.40 bits per heavy atom. The molecule has 1 aromatic carbocycles. The molecule has 2 atom stereocenters. The Labute approximate surface area is 130 Å². The number of anilines is 1. The average Bonchev–Trinajstić information content (AvgIpc) is 2.96. The van der Waals surface area contributed by atoms with E-state index in [1.54, 1.807) is 6.92 Å². The van der Waals surface area contributed by atoms with Gasteiger partial charge in [0.05, 0.1) is 5.41 Å². The predicted molar refractivity (Wildman–Crippen MR) is 84.5 cm³/mol. The number of carbonyl (C=O) groups is 1. The molecule has 1 aromatic rings. The van der Waals surface area contributed by atoms with E-state index in [1.165, 1.54) is 0 Å². The number of hydrogen-bond donors (Lipinski definition) is 1. The molecule has 20 heavy (non-hydrogen) atoms. The molecule has 0 aliphatic heterocycles. The summed E-state index contributed by atoms with van der Waals surface area (Å²) in [5, 5.41) is 2.94. The summed E-state index contributed by atoms with van der Waals surface area (Å²) in [6.07, 6.45) is 0.512. The third-order valence-electron chi connectivity index (χ3n) is 4.14. The number of para-hydroxylation sites is 1. The van der Waals surface area contributed by atoms with Crippen molar-refractivity contribution in [2.75, 3.05) is 18.5 Å². The summed E-state index contributed by atoms with van der Waals surface area (Å²) in [6, 6.07) is 10.3. The summed E-state index contributed by atoms with van der Waals surface area (Å²) in [5.74, 6) is -0.0733. The number of hydrogen-bond acceptors (Lipinski definition) is 2. The van der Waals surface area contributed by atoms with Crippen molar-refractivity contribution < 1.29 is 4.79 Å². The highest BCUT2D eigenvalue weighted by molar-refractivity contribution is 6.53. The summed E-state index contributed by atoms with van der Waals surface area (Å²) < 4.78 is -0.911. The van der Waals surface area contributed by atoms with Crippen molar-refractivity contribution >= 4 is 34.8 Å². The van der Waals surface area contributed by atoms with Gasteiger partial charge in [-0.15, -0.1) is 23.2 Å². The highest BCUT2D eigenvalue weighted by atomic mass is 35.5. The topological polar surface area (TPSA) is 32.3 Å². The summed E-state index contributed by atoms with van der Waals surface area (Å²) >= 11 is 12.0. The first-order valence-corrected chi connectivity index (χ1v) is 7.47. The number of alkyl halides is 2. The van der Waals surface area contributed by atoms with E-state index in [2.05, 4.69) is 17.1 Å². The molecule has 1 N–H and O–H groups in total. The lowest BCUT2D eigenvalue weighted by Crippen LogP contribution is -2.43. The van der Waals surface area contributed by atoms with Gasteiger partial charge in [-0.3, -0.25) is 4.79 Å². The van der Waals surface area contributed by atoms with E-state index >= 15 is 0 Å². The lowest BCUT2D eigenvalue weighted by atomic mass is 10.1. The second-order valence-electron chi connectivity index (χ2n) is 5.72. The molecule has 0 aromatic heterocycles. The Bertz CT molecular complexity index is 492. The van der Waals surface area contributed by atoms with Crippen LogP contribution in [0.25, 0.3) is 0 Å². The van der Waals surface area contributed by atoms with E-state index in [-0.39, 0.29) is 11.9 Å². The molecule has 2 rings (SSSR count). The number of nitrogens with zero attached hydrogens (tertiary/aromatic N) is 1. The summed E-state index contributed by atoms with van der Waals surface area (Å²) in [5.41, 5.74) is 0.470. The normalized spacial score (nSPS) is 24.9. The van der Waals surface area contributed by atoms with Gasteiger partial charge in [-0.2, -0.15) is 0 Å². The van der Waals surface area contributed by atoms with E-state index in [1.807, 2.05) is 37.4 Å². The van der Waals surface area contributed by atoms with Gasteiger partial charge in [0.15, 0.2) is 0 Å². The number of benzene rings is 1. The van der Waals surface area contributed by atoms with Crippen molar-refractivity contribution in [3.63, 3.8) is 0 Å². The molecule has 3 nitrogen and oxygen atoms in total. The second kappa shape index (κ2) is 5.45. The fourth-order valence-electron chi connectivity index (χ4n) is 2.14. The quantitative estimate of drug-likeness (QED) is 0.846. The van der Waals surface area contributed by atoms with Gasteiger partial charge in [-0.1, -0.05) is 18.2 Å². The summed E-state index contributed by atoms with van der Waals surface area (Å²) in [7, 11) is 2.01. The second-order valence-corrected chi connectivity index (χ2v) is 7.20. The van der Waals surface area contributed by atoms with E-state index in [9.17, 15) is 4.79 Å². The smallest absolute Gasteiger partial charge is 0.229 e. The molecular weight excluding hydrogens is 295 g/mol. The molecule has 1 aliphatic carbocycles. The molecule has 1 saturated carbocycles. The van der Waals surface area contributed by atoms with Gasteiger partial charge in [-0.05, 0) is 32.4 Å². The summed E-state index contributed by atoms with van der Waals surface area (Å²) in [6.45, 7) is 4.43. The number of rotatable bonds is 5. The lowest BCUT2D eigenvalue weighted by molar-refractivity contribution is -0.125. The van der Waals surface area contributed by atoms with E-state index < -0.39 is 9.75 Å². The monoisotopic (exact) mass is 314 g/mol. The van der Waals surface area contributed by atoms with Crippen LogP contribution in [0.15, 0.2) is 30.3 Å². The molecule has 1 aliphatic rings. The van der Waals surface area contributed by atoms with Crippen molar-refractivity contribution in [3.8, 4) is 0 Å². The molecule has 0 unspecified atom stereocenters. The number of nitrogens with one attached hydrogen (secondary N) is 1. The van der Waals surface area contributed by atoms with Crippen LogP contribution in [0.2, 0.25) is 0 Å². The lowest BCUT2D eigenvalue weighted by Gasteiger charge is -2.27. The van der Waals surface area contributed by atoms with Crippen LogP contribution in [0.1, 0.15) is 20.3 Å². The van der Waals surface area contributed by atoms with Gasteiger partial charge in [0.25, 0.3) is 0 Å². The maximum atomic E-state index is 12.1. The van der Waals surface area contributed by atoms with Crippen LogP contribution in [0.5, 0.6) is 0 Å². The van der Waals surface area contributed by atoms with Crippen LogP contribution in [0.4, 0.5) is 5.69 Å². The van der Waals surface area contributed by atoms with Crippen LogP contribution in [-0.4, -0.2) is 29.9 Å². The molecule has 0 spiro atoms. The molecule has 0 saturated heterocycles. The zero-order valence-corrected chi connectivity index (χ0v) is 13.5. The Hall–Kier alpha value is -0.930. The molecule has 1 amide bonds.